The van der Waals surface area contributed by atoms with Gasteiger partial charge in [-0.3, -0.25) is 0 Å². The number of fused-ring (bicyclic) bond motifs is 1. The van der Waals surface area contributed by atoms with Gasteiger partial charge in [0.15, 0.2) is 0 Å². The molecule has 29 heavy (non-hydrogen) atoms. The topological polar surface area (TPSA) is 68.0 Å². The maximum atomic E-state index is 11.7. The molecule has 0 bridgehead atoms. The van der Waals surface area contributed by atoms with Crippen molar-refractivity contribution in [3.05, 3.63) is 77.3 Å². The fourth-order valence-electron chi connectivity index (χ4n) is 3.28. The summed E-state index contributed by atoms with van der Waals surface area (Å²) in [5.74, 6) is -0.962. The Morgan fingerprint density at radius 3 is 2.55 bits per heavy atom. The molecule has 0 spiro atoms. The highest BCUT2D eigenvalue weighted by Gasteiger charge is 2.19. The van der Waals surface area contributed by atoms with Crippen molar-refractivity contribution in [1.29, 1.82) is 0 Å². The first-order valence-electron chi connectivity index (χ1n) is 9.20. The van der Waals surface area contributed by atoms with Gasteiger partial charge in [-0.15, -0.1) is 0 Å². The Morgan fingerprint density at radius 2 is 1.90 bits per heavy atom. The molecule has 146 valence electrons. The number of aromatic nitrogens is 3. The van der Waals surface area contributed by atoms with Crippen molar-refractivity contribution in [2.75, 3.05) is 0 Å². The maximum Gasteiger partial charge on any atom is 0.335 e. The number of rotatable bonds is 3. The van der Waals surface area contributed by atoms with E-state index in [4.69, 9.17) is 16.6 Å². The zero-order chi connectivity index (χ0) is 20.8. The van der Waals surface area contributed by atoms with Crippen LogP contribution in [0.2, 0.25) is 5.02 Å². The number of carbonyl (C=O) groups is 1. The number of hydrogen-bond acceptors (Lipinski definition) is 3. The summed E-state index contributed by atoms with van der Waals surface area (Å²) in [6.45, 7) is 6.17. The molecule has 0 radical (unpaired) electrons. The second-order valence-corrected chi connectivity index (χ2v) is 8.45. The minimum absolute atomic E-state index is 0.201. The number of hydrogen-bond donors (Lipinski definition) is 1. The van der Waals surface area contributed by atoms with E-state index in [1.54, 1.807) is 24.7 Å². The van der Waals surface area contributed by atoms with E-state index in [2.05, 4.69) is 25.8 Å². The van der Waals surface area contributed by atoms with Crippen LogP contribution in [0.5, 0.6) is 0 Å². The number of carboxylic acid groups (broad SMARTS) is 1. The summed E-state index contributed by atoms with van der Waals surface area (Å²) in [5, 5.41) is 11.1. The lowest BCUT2D eigenvalue weighted by Gasteiger charge is -2.21. The minimum Gasteiger partial charge on any atom is -0.478 e. The van der Waals surface area contributed by atoms with E-state index in [1.165, 1.54) is 0 Å². The lowest BCUT2D eigenvalue weighted by molar-refractivity contribution is 0.0696. The van der Waals surface area contributed by atoms with Gasteiger partial charge >= 0.3 is 5.97 Å². The first-order chi connectivity index (χ1) is 13.7. The molecule has 0 aliphatic carbocycles. The number of aromatic carboxylic acids is 1. The quantitative estimate of drug-likeness (QED) is 0.472. The van der Waals surface area contributed by atoms with Crippen LogP contribution < -0.4 is 0 Å². The van der Waals surface area contributed by atoms with Gasteiger partial charge in [-0.25, -0.2) is 14.8 Å². The Labute approximate surface area is 173 Å². The Balaban J connectivity index is 2.02. The maximum absolute atomic E-state index is 11.7. The highest BCUT2D eigenvalue weighted by atomic mass is 35.5. The molecule has 0 fully saturated rings. The van der Waals surface area contributed by atoms with Gasteiger partial charge in [-0.2, -0.15) is 0 Å². The summed E-state index contributed by atoms with van der Waals surface area (Å²) in [6, 6.07) is 12.9. The van der Waals surface area contributed by atoms with E-state index < -0.39 is 5.97 Å². The number of halogens is 1. The SMILES string of the molecule is CC(C)(C)c1cc(C(=O)O)cc(-c2cc(-n3ccnc3)c3ccc(Cl)cc3n2)c1. The van der Waals surface area contributed by atoms with E-state index in [1.807, 2.05) is 41.1 Å². The van der Waals surface area contributed by atoms with Crippen LogP contribution in [0.3, 0.4) is 0 Å². The molecule has 0 saturated heterocycles. The van der Waals surface area contributed by atoms with Gasteiger partial charge in [0, 0.05) is 28.4 Å². The Bertz CT molecular complexity index is 1230. The lowest BCUT2D eigenvalue weighted by atomic mass is 9.84. The van der Waals surface area contributed by atoms with Gasteiger partial charge in [-0.1, -0.05) is 32.4 Å². The first kappa shape index (κ1) is 19.2. The Morgan fingerprint density at radius 1 is 1.10 bits per heavy atom. The summed E-state index contributed by atoms with van der Waals surface area (Å²) < 4.78 is 1.91. The molecule has 2 aromatic heterocycles. The van der Waals surface area contributed by atoms with Crippen LogP contribution in [0.4, 0.5) is 0 Å². The number of pyridine rings is 1. The van der Waals surface area contributed by atoms with Gasteiger partial charge < -0.3 is 9.67 Å². The molecule has 5 nitrogen and oxygen atoms in total. The number of carboxylic acids is 1. The summed E-state index contributed by atoms with van der Waals surface area (Å²) in [6.07, 6.45) is 5.30. The van der Waals surface area contributed by atoms with Crippen LogP contribution in [0.15, 0.2) is 61.2 Å². The zero-order valence-electron chi connectivity index (χ0n) is 16.3. The van der Waals surface area contributed by atoms with Gasteiger partial charge in [0.1, 0.15) is 0 Å². The minimum atomic E-state index is -0.962. The molecule has 4 rings (SSSR count). The van der Waals surface area contributed by atoms with Gasteiger partial charge in [0.05, 0.1) is 28.8 Å². The molecule has 0 saturated carbocycles. The molecule has 2 heterocycles. The highest BCUT2D eigenvalue weighted by Crippen LogP contribution is 2.32. The van der Waals surface area contributed by atoms with Crippen molar-refractivity contribution in [2.45, 2.75) is 26.2 Å². The van der Waals surface area contributed by atoms with Crippen molar-refractivity contribution < 1.29 is 9.90 Å². The smallest absolute Gasteiger partial charge is 0.335 e. The van der Waals surface area contributed by atoms with E-state index >= 15 is 0 Å². The van der Waals surface area contributed by atoms with Crippen LogP contribution in [-0.4, -0.2) is 25.6 Å². The summed E-state index contributed by atoms with van der Waals surface area (Å²) in [7, 11) is 0. The average Bonchev–Trinajstić information content (AvgIpc) is 3.20. The predicted molar refractivity (Wildman–Crippen MR) is 115 cm³/mol. The summed E-state index contributed by atoms with van der Waals surface area (Å²) in [5.41, 5.74) is 4.03. The third kappa shape index (κ3) is 3.74. The lowest BCUT2D eigenvalue weighted by Crippen LogP contribution is -2.13. The van der Waals surface area contributed by atoms with Gasteiger partial charge in [-0.05, 0) is 53.4 Å². The second kappa shape index (κ2) is 7.01. The normalized spacial score (nSPS) is 11.7. The second-order valence-electron chi connectivity index (χ2n) is 8.01. The van der Waals surface area contributed by atoms with E-state index in [9.17, 15) is 9.90 Å². The molecule has 0 aliphatic rings. The Hall–Kier alpha value is -3.18. The van der Waals surface area contributed by atoms with Crippen LogP contribution in [-0.2, 0) is 5.41 Å². The third-order valence-corrected chi connectivity index (χ3v) is 5.11. The molecule has 4 aromatic rings. The predicted octanol–water partition coefficient (Wildman–Crippen LogP) is 5.74. The van der Waals surface area contributed by atoms with Crippen molar-refractivity contribution in [1.82, 2.24) is 14.5 Å². The summed E-state index contributed by atoms with van der Waals surface area (Å²) >= 11 is 6.21. The van der Waals surface area contributed by atoms with Crippen LogP contribution in [0.1, 0.15) is 36.7 Å². The summed E-state index contributed by atoms with van der Waals surface area (Å²) in [4.78, 5) is 20.7. The zero-order valence-corrected chi connectivity index (χ0v) is 17.1. The third-order valence-electron chi connectivity index (χ3n) is 4.87. The van der Waals surface area contributed by atoms with Gasteiger partial charge in [0.25, 0.3) is 0 Å². The molecule has 0 amide bonds. The van der Waals surface area contributed by atoms with Crippen LogP contribution in [0.25, 0.3) is 27.8 Å². The van der Waals surface area contributed by atoms with Crippen molar-refractivity contribution in [3.8, 4) is 16.9 Å². The number of imidazole rings is 1. The van der Waals surface area contributed by atoms with Crippen molar-refractivity contribution in [2.24, 2.45) is 0 Å². The van der Waals surface area contributed by atoms with Crippen molar-refractivity contribution >= 4 is 28.5 Å². The molecular formula is C23H20ClN3O2. The number of nitrogens with zero attached hydrogens (tertiary/aromatic N) is 3. The van der Waals surface area contributed by atoms with E-state index in [0.29, 0.717) is 10.7 Å². The average molecular weight is 406 g/mol. The first-order valence-corrected chi connectivity index (χ1v) is 9.58. The monoisotopic (exact) mass is 405 g/mol. The molecule has 0 atom stereocenters. The standard InChI is InChI=1S/C23H20ClN3O2/c1-23(2,3)16-9-14(8-15(10-16)22(28)29)19-12-21(27-7-6-25-13-27)18-5-4-17(24)11-20(18)26-19/h4-13H,1-3H3,(H,28,29). The van der Waals surface area contributed by atoms with Crippen molar-refractivity contribution in [3.63, 3.8) is 0 Å². The van der Waals surface area contributed by atoms with Crippen LogP contribution >= 0.6 is 11.6 Å². The van der Waals surface area contributed by atoms with Gasteiger partial charge in [0.2, 0.25) is 0 Å². The largest absolute Gasteiger partial charge is 0.478 e. The Kier molecular flexibility index (Phi) is 4.63. The molecule has 2 aromatic carbocycles. The number of benzene rings is 2. The highest BCUT2D eigenvalue weighted by molar-refractivity contribution is 6.31. The molecule has 0 unspecified atom stereocenters. The molecule has 0 aliphatic heterocycles. The molecule has 1 N–H and O–H groups in total. The van der Waals surface area contributed by atoms with Crippen LogP contribution in [0, 0.1) is 0 Å². The molecule has 6 heteroatoms. The molecular weight excluding hydrogens is 386 g/mol. The fraction of sp³-hybridized carbons (Fsp3) is 0.174. The van der Waals surface area contributed by atoms with E-state index in [-0.39, 0.29) is 11.0 Å². The van der Waals surface area contributed by atoms with E-state index in [0.717, 1.165) is 27.7 Å². The fourth-order valence-corrected chi connectivity index (χ4v) is 3.44.